The van der Waals surface area contributed by atoms with Crippen molar-refractivity contribution in [3.8, 4) is 0 Å². The molecule has 0 atom stereocenters. The van der Waals surface area contributed by atoms with Crippen LogP contribution in [0.5, 0.6) is 0 Å². The Morgan fingerprint density at radius 1 is 0.840 bits per heavy atom. The summed E-state index contributed by atoms with van der Waals surface area (Å²) in [7, 11) is -1.61. The maximum atomic E-state index is 6.76. The van der Waals surface area contributed by atoms with Crippen molar-refractivity contribution in [2.45, 2.75) is 128 Å². The Kier molecular flexibility index (Phi) is 5.90. The van der Waals surface area contributed by atoms with E-state index in [2.05, 4.69) is 33.9 Å². The van der Waals surface area contributed by atoms with Gasteiger partial charge in [-0.05, 0) is 94.2 Å². The molecule has 3 saturated carbocycles. The molecule has 0 aliphatic heterocycles. The monoisotopic (exact) mass is 362 g/mol. The Hall–Kier alpha value is -0.0831. The summed E-state index contributed by atoms with van der Waals surface area (Å²) in [4.78, 5) is 0. The summed E-state index contributed by atoms with van der Waals surface area (Å²) in [6.45, 7) is 11.9. The molecule has 144 valence electrons. The molecule has 3 rings (SSSR count). The van der Waals surface area contributed by atoms with Crippen molar-refractivity contribution in [1.82, 2.24) is 0 Å². The fourth-order valence-electron chi connectivity index (χ4n) is 5.54. The lowest BCUT2D eigenvalue weighted by Crippen LogP contribution is -2.44. The van der Waals surface area contributed by atoms with E-state index in [1.165, 1.54) is 83.5 Å². The van der Waals surface area contributed by atoms with E-state index < -0.39 is 8.32 Å². The first-order chi connectivity index (χ1) is 11.7. The summed E-state index contributed by atoms with van der Waals surface area (Å²) in [5.41, 5.74) is 4.52. The molecule has 0 N–H and O–H groups in total. The van der Waals surface area contributed by atoms with Gasteiger partial charge in [0.15, 0.2) is 8.32 Å². The van der Waals surface area contributed by atoms with Crippen LogP contribution in [0, 0.1) is 5.41 Å². The van der Waals surface area contributed by atoms with Crippen molar-refractivity contribution in [1.29, 1.82) is 0 Å². The minimum absolute atomic E-state index is 0.335. The van der Waals surface area contributed by atoms with E-state index in [0.717, 1.165) is 0 Å². The van der Waals surface area contributed by atoms with Gasteiger partial charge in [0.2, 0.25) is 0 Å². The molecule has 25 heavy (non-hydrogen) atoms. The zero-order valence-corrected chi connectivity index (χ0v) is 18.7. The summed E-state index contributed by atoms with van der Waals surface area (Å²) in [5, 5.41) is 0.335. The standard InChI is InChI=1S/C23H42OSi/c1-22(2,3)25(4,5)24-20-13-8-11-19(12-9-14-20)21-15-10-18-23(21)16-6-7-17-23/h20H,6-18H2,1-5H3. The average Bonchev–Trinajstić information content (AvgIpc) is 3.11. The molecule has 0 radical (unpaired) electrons. The van der Waals surface area contributed by atoms with Gasteiger partial charge in [-0.15, -0.1) is 0 Å². The van der Waals surface area contributed by atoms with Gasteiger partial charge in [-0.1, -0.05) is 44.8 Å². The van der Waals surface area contributed by atoms with Gasteiger partial charge >= 0.3 is 0 Å². The van der Waals surface area contributed by atoms with Gasteiger partial charge in [0.1, 0.15) is 0 Å². The predicted octanol–water partition coefficient (Wildman–Crippen LogP) is 7.77. The molecule has 3 aliphatic carbocycles. The van der Waals surface area contributed by atoms with E-state index in [1.807, 2.05) is 11.1 Å². The average molecular weight is 363 g/mol. The molecule has 0 unspecified atom stereocenters. The predicted molar refractivity (Wildman–Crippen MR) is 112 cm³/mol. The molecule has 1 nitrogen and oxygen atoms in total. The topological polar surface area (TPSA) is 9.23 Å². The highest BCUT2D eigenvalue weighted by Gasteiger charge is 2.42. The van der Waals surface area contributed by atoms with Crippen molar-refractivity contribution in [2.75, 3.05) is 0 Å². The molecule has 3 fully saturated rings. The normalized spacial score (nSPS) is 28.4. The first-order valence-electron chi connectivity index (χ1n) is 11.1. The van der Waals surface area contributed by atoms with Crippen LogP contribution in [0.3, 0.4) is 0 Å². The Balaban J connectivity index is 1.62. The lowest BCUT2D eigenvalue weighted by atomic mass is 9.76. The van der Waals surface area contributed by atoms with Crippen LogP contribution in [0.25, 0.3) is 0 Å². The van der Waals surface area contributed by atoms with Gasteiger partial charge in [-0.3, -0.25) is 0 Å². The smallest absolute Gasteiger partial charge is 0.192 e. The van der Waals surface area contributed by atoms with Crippen molar-refractivity contribution in [3.05, 3.63) is 11.1 Å². The molecule has 0 aromatic heterocycles. The van der Waals surface area contributed by atoms with E-state index >= 15 is 0 Å². The molecule has 3 aliphatic rings. The van der Waals surface area contributed by atoms with E-state index in [-0.39, 0.29) is 0 Å². The second-order valence-electron chi connectivity index (χ2n) is 10.7. The number of hydrogen-bond acceptors (Lipinski definition) is 1. The molecule has 0 aromatic carbocycles. The van der Waals surface area contributed by atoms with E-state index in [9.17, 15) is 0 Å². The van der Waals surface area contributed by atoms with Crippen molar-refractivity contribution in [3.63, 3.8) is 0 Å². The van der Waals surface area contributed by atoms with Crippen molar-refractivity contribution < 1.29 is 4.43 Å². The quantitative estimate of drug-likeness (QED) is 0.360. The SMILES string of the molecule is CC(C)(C)[Si](C)(C)OC1CCCC(=C2CCCC23CCCC3)CCC1. The molecule has 0 aromatic rings. The van der Waals surface area contributed by atoms with Crippen LogP contribution < -0.4 is 0 Å². The van der Waals surface area contributed by atoms with Gasteiger partial charge in [0, 0.05) is 6.10 Å². The van der Waals surface area contributed by atoms with Gasteiger partial charge in [0.25, 0.3) is 0 Å². The molecule has 0 bridgehead atoms. The van der Waals surface area contributed by atoms with Gasteiger partial charge in [0.05, 0.1) is 0 Å². The summed E-state index contributed by atoms with van der Waals surface area (Å²) in [6, 6.07) is 0. The zero-order valence-electron chi connectivity index (χ0n) is 17.7. The third-order valence-electron chi connectivity index (χ3n) is 7.99. The molecule has 0 amide bonds. The van der Waals surface area contributed by atoms with Crippen LogP contribution in [0.1, 0.15) is 104 Å². The van der Waals surface area contributed by atoms with Crippen molar-refractivity contribution in [2.24, 2.45) is 5.41 Å². The Bertz CT molecular complexity index is 473. The third-order valence-corrected chi connectivity index (χ3v) is 12.5. The highest BCUT2D eigenvalue weighted by Crippen LogP contribution is 2.56. The number of allylic oxidation sites excluding steroid dienone is 2. The molecule has 2 heteroatoms. The summed E-state index contributed by atoms with van der Waals surface area (Å²) >= 11 is 0. The molecular formula is C23H42OSi. The third kappa shape index (κ3) is 4.26. The highest BCUT2D eigenvalue weighted by atomic mass is 28.4. The van der Waals surface area contributed by atoms with Crippen LogP contribution in [0.2, 0.25) is 18.1 Å². The highest BCUT2D eigenvalue weighted by molar-refractivity contribution is 6.74. The second kappa shape index (κ2) is 7.50. The fraction of sp³-hybridized carbons (Fsp3) is 0.913. The maximum Gasteiger partial charge on any atom is 0.192 e. The van der Waals surface area contributed by atoms with Crippen molar-refractivity contribution >= 4 is 8.32 Å². The van der Waals surface area contributed by atoms with E-state index in [1.54, 1.807) is 0 Å². The first-order valence-corrected chi connectivity index (χ1v) is 14.0. The van der Waals surface area contributed by atoms with E-state index in [0.29, 0.717) is 16.6 Å². The van der Waals surface area contributed by atoms with Crippen LogP contribution in [-0.4, -0.2) is 14.4 Å². The largest absolute Gasteiger partial charge is 0.414 e. The maximum absolute atomic E-state index is 6.76. The lowest BCUT2D eigenvalue weighted by molar-refractivity contribution is 0.152. The van der Waals surface area contributed by atoms with Crippen LogP contribution in [0.4, 0.5) is 0 Å². The van der Waals surface area contributed by atoms with E-state index in [4.69, 9.17) is 4.43 Å². The second-order valence-corrected chi connectivity index (χ2v) is 15.5. The zero-order chi connectivity index (χ0) is 18.1. The van der Waals surface area contributed by atoms with Crippen LogP contribution >= 0.6 is 0 Å². The Labute approximate surface area is 158 Å². The molecule has 1 spiro atoms. The molecular weight excluding hydrogens is 320 g/mol. The fourth-order valence-corrected chi connectivity index (χ4v) is 6.97. The Morgan fingerprint density at radius 3 is 1.96 bits per heavy atom. The summed E-state index contributed by atoms with van der Waals surface area (Å²) in [5.74, 6) is 0. The summed E-state index contributed by atoms with van der Waals surface area (Å²) < 4.78 is 6.76. The Morgan fingerprint density at radius 2 is 1.40 bits per heavy atom. The number of hydrogen-bond donors (Lipinski definition) is 0. The van der Waals surface area contributed by atoms with Gasteiger partial charge in [-0.2, -0.15) is 0 Å². The first kappa shape index (κ1) is 19.7. The summed E-state index contributed by atoms with van der Waals surface area (Å²) in [6.07, 6.45) is 18.9. The lowest BCUT2D eigenvalue weighted by Gasteiger charge is -2.40. The molecule has 0 saturated heterocycles. The van der Waals surface area contributed by atoms with Gasteiger partial charge < -0.3 is 4.43 Å². The van der Waals surface area contributed by atoms with Gasteiger partial charge in [-0.25, -0.2) is 0 Å². The van der Waals surface area contributed by atoms with Crippen LogP contribution in [-0.2, 0) is 4.43 Å². The number of rotatable bonds is 2. The minimum atomic E-state index is -1.61. The van der Waals surface area contributed by atoms with Crippen LogP contribution in [0.15, 0.2) is 11.1 Å². The molecule has 0 heterocycles. The minimum Gasteiger partial charge on any atom is -0.414 e.